The number of methoxy groups -OCH3 is 3. The van der Waals surface area contributed by atoms with E-state index in [1.165, 1.54) is 22.1 Å². The summed E-state index contributed by atoms with van der Waals surface area (Å²) in [5, 5.41) is 1.20. The standard InChI is InChI=1S/C22H24N2O3/c1-25-16-5-7-20-17(11-16)15(13-24-20)8-9-23-19-6-4-14-10-21(26-2)22(27-3)12-18(14)19/h5,7,10-13,24H,4,6,8-9H2,1-3H3. The lowest BCUT2D eigenvalue weighted by molar-refractivity contribution is 0.354. The molecular weight excluding hydrogens is 340 g/mol. The van der Waals surface area contributed by atoms with Gasteiger partial charge in [-0.05, 0) is 60.7 Å². The van der Waals surface area contributed by atoms with Gasteiger partial charge >= 0.3 is 0 Å². The molecule has 140 valence electrons. The van der Waals surface area contributed by atoms with Crippen LogP contribution in [0.5, 0.6) is 17.2 Å². The molecule has 0 atom stereocenters. The Morgan fingerprint density at radius 1 is 0.963 bits per heavy atom. The third-order valence-corrected chi connectivity index (χ3v) is 5.21. The predicted molar refractivity (Wildman–Crippen MR) is 108 cm³/mol. The predicted octanol–water partition coefficient (Wildman–Crippen LogP) is 4.17. The first-order valence-electron chi connectivity index (χ1n) is 9.16. The van der Waals surface area contributed by atoms with Gasteiger partial charge in [-0.25, -0.2) is 0 Å². The molecule has 0 spiro atoms. The molecule has 1 heterocycles. The SMILES string of the molecule is COc1ccc2[nH]cc(CCN=C3CCc4cc(OC)c(OC)cc43)c2c1. The molecule has 0 radical (unpaired) electrons. The van der Waals surface area contributed by atoms with E-state index in [0.717, 1.165) is 54.3 Å². The van der Waals surface area contributed by atoms with Crippen LogP contribution in [0.3, 0.4) is 0 Å². The number of fused-ring (bicyclic) bond motifs is 2. The van der Waals surface area contributed by atoms with Gasteiger partial charge in [0.05, 0.1) is 21.3 Å². The third-order valence-electron chi connectivity index (χ3n) is 5.21. The van der Waals surface area contributed by atoms with Crippen molar-refractivity contribution < 1.29 is 14.2 Å². The fourth-order valence-electron chi connectivity index (χ4n) is 3.75. The van der Waals surface area contributed by atoms with Crippen LogP contribution in [0.15, 0.2) is 41.5 Å². The monoisotopic (exact) mass is 364 g/mol. The van der Waals surface area contributed by atoms with Crippen LogP contribution in [-0.2, 0) is 12.8 Å². The zero-order valence-corrected chi connectivity index (χ0v) is 16.0. The van der Waals surface area contributed by atoms with Crippen molar-refractivity contribution >= 4 is 16.6 Å². The van der Waals surface area contributed by atoms with Crippen LogP contribution >= 0.6 is 0 Å². The minimum Gasteiger partial charge on any atom is -0.497 e. The summed E-state index contributed by atoms with van der Waals surface area (Å²) in [5.41, 5.74) is 6.01. The largest absolute Gasteiger partial charge is 0.497 e. The number of aromatic nitrogens is 1. The van der Waals surface area contributed by atoms with E-state index in [4.69, 9.17) is 19.2 Å². The topological polar surface area (TPSA) is 55.8 Å². The molecule has 0 amide bonds. The maximum Gasteiger partial charge on any atom is 0.161 e. The molecule has 0 saturated carbocycles. The molecule has 0 unspecified atom stereocenters. The van der Waals surface area contributed by atoms with Crippen molar-refractivity contribution in [3.8, 4) is 17.2 Å². The number of hydrogen-bond donors (Lipinski definition) is 1. The fourth-order valence-corrected chi connectivity index (χ4v) is 3.75. The molecule has 2 aromatic carbocycles. The molecule has 5 heteroatoms. The van der Waals surface area contributed by atoms with Crippen molar-refractivity contribution in [2.24, 2.45) is 4.99 Å². The van der Waals surface area contributed by atoms with Gasteiger partial charge < -0.3 is 19.2 Å². The van der Waals surface area contributed by atoms with E-state index >= 15 is 0 Å². The van der Waals surface area contributed by atoms with Gasteiger partial charge in [0.25, 0.3) is 0 Å². The van der Waals surface area contributed by atoms with E-state index in [2.05, 4.69) is 35.4 Å². The summed E-state index contributed by atoms with van der Waals surface area (Å²) in [6, 6.07) is 10.2. The quantitative estimate of drug-likeness (QED) is 0.714. The first-order chi connectivity index (χ1) is 13.2. The Hall–Kier alpha value is -2.95. The summed E-state index contributed by atoms with van der Waals surface area (Å²) < 4.78 is 16.2. The van der Waals surface area contributed by atoms with Crippen LogP contribution < -0.4 is 14.2 Å². The van der Waals surface area contributed by atoms with Crippen molar-refractivity contribution in [2.75, 3.05) is 27.9 Å². The minimum absolute atomic E-state index is 0.757. The number of aliphatic imine (C=N–C) groups is 1. The van der Waals surface area contributed by atoms with E-state index < -0.39 is 0 Å². The van der Waals surface area contributed by atoms with Gasteiger partial charge in [0, 0.05) is 34.9 Å². The smallest absolute Gasteiger partial charge is 0.161 e. The normalized spacial score (nSPS) is 14.6. The van der Waals surface area contributed by atoms with E-state index in [9.17, 15) is 0 Å². The Balaban J connectivity index is 1.54. The Morgan fingerprint density at radius 2 is 1.78 bits per heavy atom. The molecule has 0 fully saturated rings. The number of aromatic amines is 1. The molecule has 1 N–H and O–H groups in total. The highest BCUT2D eigenvalue weighted by Gasteiger charge is 2.21. The maximum atomic E-state index is 5.45. The van der Waals surface area contributed by atoms with E-state index in [-0.39, 0.29) is 0 Å². The number of benzene rings is 2. The summed E-state index contributed by atoms with van der Waals surface area (Å²) in [5.74, 6) is 2.42. The second-order valence-electron chi connectivity index (χ2n) is 6.67. The van der Waals surface area contributed by atoms with Crippen molar-refractivity contribution in [1.82, 2.24) is 4.98 Å². The van der Waals surface area contributed by atoms with Crippen LogP contribution in [0.2, 0.25) is 0 Å². The molecule has 3 aromatic rings. The number of aryl methyl sites for hydroxylation is 1. The van der Waals surface area contributed by atoms with Gasteiger partial charge in [0.2, 0.25) is 0 Å². The minimum atomic E-state index is 0.757. The zero-order valence-electron chi connectivity index (χ0n) is 16.0. The lowest BCUT2D eigenvalue weighted by Crippen LogP contribution is -2.00. The van der Waals surface area contributed by atoms with Gasteiger partial charge in [-0.2, -0.15) is 0 Å². The average Bonchev–Trinajstić information content (AvgIpc) is 3.30. The molecule has 1 aromatic heterocycles. The zero-order chi connectivity index (χ0) is 18.8. The van der Waals surface area contributed by atoms with Crippen molar-refractivity contribution in [2.45, 2.75) is 19.3 Å². The lowest BCUT2D eigenvalue weighted by atomic mass is 10.1. The van der Waals surface area contributed by atoms with E-state index in [1.54, 1.807) is 21.3 Å². The van der Waals surface area contributed by atoms with Crippen molar-refractivity contribution in [3.63, 3.8) is 0 Å². The number of rotatable bonds is 6. The third kappa shape index (κ3) is 3.25. The molecule has 0 bridgehead atoms. The summed E-state index contributed by atoms with van der Waals surface area (Å²) in [7, 11) is 5.03. The van der Waals surface area contributed by atoms with E-state index in [1.807, 2.05) is 6.07 Å². The highest BCUT2D eigenvalue weighted by Crippen LogP contribution is 2.35. The summed E-state index contributed by atoms with van der Waals surface area (Å²) in [4.78, 5) is 8.22. The van der Waals surface area contributed by atoms with Crippen LogP contribution in [-0.4, -0.2) is 38.6 Å². The van der Waals surface area contributed by atoms with Crippen LogP contribution in [0.25, 0.3) is 10.9 Å². The molecule has 1 aliphatic carbocycles. The number of ether oxygens (including phenoxy) is 3. The van der Waals surface area contributed by atoms with Crippen molar-refractivity contribution in [1.29, 1.82) is 0 Å². The summed E-state index contributed by atoms with van der Waals surface area (Å²) in [6.45, 7) is 0.757. The average molecular weight is 364 g/mol. The Kier molecular flexibility index (Phi) is 4.75. The number of nitrogens with one attached hydrogen (secondary N) is 1. The Bertz CT molecular complexity index is 1000. The highest BCUT2D eigenvalue weighted by molar-refractivity contribution is 6.05. The highest BCUT2D eigenvalue weighted by atomic mass is 16.5. The fraction of sp³-hybridized carbons (Fsp3) is 0.318. The summed E-state index contributed by atoms with van der Waals surface area (Å²) in [6.07, 6.45) is 4.92. The van der Waals surface area contributed by atoms with Crippen LogP contribution in [0.1, 0.15) is 23.1 Å². The number of hydrogen-bond acceptors (Lipinski definition) is 4. The van der Waals surface area contributed by atoms with Gasteiger partial charge in [-0.3, -0.25) is 4.99 Å². The Morgan fingerprint density at radius 3 is 2.56 bits per heavy atom. The van der Waals surface area contributed by atoms with Gasteiger partial charge in [-0.15, -0.1) is 0 Å². The van der Waals surface area contributed by atoms with Gasteiger partial charge in [-0.1, -0.05) is 0 Å². The summed E-state index contributed by atoms with van der Waals surface area (Å²) >= 11 is 0. The number of H-pyrrole nitrogens is 1. The molecule has 27 heavy (non-hydrogen) atoms. The van der Waals surface area contributed by atoms with Crippen LogP contribution in [0, 0.1) is 0 Å². The lowest BCUT2D eigenvalue weighted by Gasteiger charge is -2.10. The molecule has 1 aliphatic rings. The molecule has 4 rings (SSSR count). The molecule has 5 nitrogen and oxygen atoms in total. The van der Waals surface area contributed by atoms with Crippen LogP contribution in [0.4, 0.5) is 0 Å². The van der Waals surface area contributed by atoms with Gasteiger partial charge in [0.15, 0.2) is 11.5 Å². The first-order valence-corrected chi connectivity index (χ1v) is 9.16. The van der Waals surface area contributed by atoms with E-state index in [0.29, 0.717) is 0 Å². The Labute approximate surface area is 159 Å². The number of nitrogens with zero attached hydrogens (tertiary/aromatic N) is 1. The first kappa shape index (κ1) is 17.5. The maximum absolute atomic E-state index is 5.45. The van der Waals surface area contributed by atoms with Crippen molar-refractivity contribution in [3.05, 3.63) is 53.2 Å². The molecular formula is C22H24N2O3. The molecule has 0 saturated heterocycles. The van der Waals surface area contributed by atoms with Gasteiger partial charge in [0.1, 0.15) is 5.75 Å². The molecule has 0 aliphatic heterocycles. The second-order valence-corrected chi connectivity index (χ2v) is 6.67. The second kappa shape index (κ2) is 7.35.